The Morgan fingerprint density at radius 3 is 2.71 bits per heavy atom. The Morgan fingerprint density at radius 2 is 2.00 bits per heavy atom. The number of nitrogens with zero attached hydrogens (tertiary/aromatic N) is 2. The second-order valence-corrected chi connectivity index (χ2v) is 6.38. The Bertz CT molecular complexity index is 739. The Morgan fingerprint density at radius 1 is 1.25 bits per heavy atom. The lowest BCUT2D eigenvalue weighted by Gasteiger charge is -2.28. The maximum Gasteiger partial charge on any atom is 0.319 e. The molecule has 2 heterocycles. The summed E-state index contributed by atoms with van der Waals surface area (Å²) in [7, 11) is 0. The highest BCUT2D eigenvalue weighted by molar-refractivity contribution is 5.94. The predicted molar refractivity (Wildman–Crippen MR) is 96.8 cm³/mol. The summed E-state index contributed by atoms with van der Waals surface area (Å²) in [5.74, 6) is 0.988. The molecule has 1 fully saturated rings. The van der Waals surface area contributed by atoms with Crippen molar-refractivity contribution in [2.24, 2.45) is 0 Å². The number of carbonyl (C=O) groups excluding carboxylic acids is 1. The molecule has 1 aliphatic heterocycles. The van der Waals surface area contributed by atoms with E-state index < -0.39 is 0 Å². The van der Waals surface area contributed by atoms with E-state index in [0.29, 0.717) is 0 Å². The number of urea groups is 1. The number of anilines is 2. The number of aryl methyl sites for hydroxylation is 1. The van der Waals surface area contributed by atoms with E-state index in [0.717, 1.165) is 54.3 Å². The van der Waals surface area contributed by atoms with Crippen molar-refractivity contribution < 1.29 is 9.53 Å². The molecule has 3 rings (SSSR count). The van der Waals surface area contributed by atoms with E-state index in [-0.39, 0.29) is 12.1 Å². The molecule has 0 aliphatic carbocycles. The van der Waals surface area contributed by atoms with Crippen molar-refractivity contribution in [3.05, 3.63) is 29.8 Å². The van der Waals surface area contributed by atoms with Gasteiger partial charge in [0, 0.05) is 30.2 Å². The van der Waals surface area contributed by atoms with Crippen LogP contribution in [-0.4, -0.2) is 43.4 Å². The molecule has 0 atom stereocenters. The Kier molecular flexibility index (Phi) is 4.85. The summed E-state index contributed by atoms with van der Waals surface area (Å²) in [6, 6.07) is 7.83. The lowest BCUT2D eigenvalue weighted by atomic mass is 10.1. The van der Waals surface area contributed by atoms with Crippen molar-refractivity contribution in [1.82, 2.24) is 10.3 Å². The van der Waals surface area contributed by atoms with Crippen LogP contribution in [0.1, 0.15) is 19.4 Å². The first kappa shape index (κ1) is 16.5. The van der Waals surface area contributed by atoms with Gasteiger partial charge in [-0.05, 0) is 50.6 Å². The van der Waals surface area contributed by atoms with E-state index in [1.165, 1.54) is 0 Å². The van der Waals surface area contributed by atoms with Gasteiger partial charge in [-0.2, -0.15) is 0 Å². The monoisotopic (exact) mass is 328 g/mol. The SMILES string of the molecule is Cc1cc(N2CCOCC2)nc2ccc(NC(=O)NC(C)C)cc12. The van der Waals surface area contributed by atoms with Gasteiger partial charge in [0.25, 0.3) is 0 Å². The van der Waals surface area contributed by atoms with E-state index in [2.05, 4.69) is 28.5 Å². The summed E-state index contributed by atoms with van der Waals surface area (Å²) >= 11 is 0. The number of fused-ring (bicyclic) bond motifs is 1. The molecule has 6 heteroatoms. The minimum atomic E-state index is -0.195. The average Bonchev–Trinajstić information content (AvgIpc) is 2.55. The number of hydrogen-bond acceptors (Lipinski definition) is 4. The van der Waals surface area contributed by atoms with Gasteiger partial charge >= 0.3 is 6.03 Å². The molecule has 1 aliphatic rings. The zero-order valence-electron chi connectivity index (χ0n) is 14.4. The molecular formula is C18H24N4O2. The minimum Gasteiger partial charge on any atom is -0.378 e. The van der Waals surface area contributed by atoms with Crippen LogP contribution < -0.4 is 15.5 Å². The predicted octanol–water partition coefficient (Wildman–Crippen LogP) is 2.91. The second kappa shape index (κ2) is 7.05. The normalized spacial score (nSPS) is 14.9. The van der Waals surface area contributed by atoms with Gasteiger partial charge < -0.3 is 20.3 Å². The molecule has 24 heavy (non-hydrogen) atoms. The quantitative estimate of drug-likeness (QED) is 0.909. The highest BCUT2D eigenvalue weighted by Gasteiger charge is 2.14. The molecule has 0 saturated carbocycles. The third kappa shape index (κ3) is 3.76. The molecule has 2 N–H and O–H groups in total. The van der Waals surface area contributed by atoms with Crippen LogP contribution in [0.15, 0.2) is 24.3 Å². The number of carbonyl (C=O) groups is 1. The van der Waals surface area contributed by atoms with Gasteiger partial charge in [-0.3, -0.25) is 0 Å². The number of morpholine rings is 1. The van der Waals surface area contributed by atoms with E-state index in [1.54, 1.807) is 0 Å². The molecule has 2 aromatic rings. The van der Waals surface area contributed by atoms with Gasteiger partial charge in [-0.1, -0.05) is 0 Å². The fourth-order valence-electron chi connectivity index (χ4n) is 2.84. The van der Waals surface area contributed by atoms with Crippen molar-refractivity contribution in [1.29, 1.82) is 0 Å². The third-order valence-corrected chi connectivity index (χ3v) is 4.01. The number of benzene rings is 1. The van der Waals surface area contributed by atoms with E-state index in [1.807, 2.05) is 32.0 Å². The average molecular weight is 328 g/mol. The van der Waals surface area contributed by atoms with Gasteiger partial charge in [-0.15, -0.1) is 0 Å². The number of aromatic nitrogens is 1. The second-order valence-electron chi connectivity index (χ2n) is 6.38. The molecule has 0 bridgehead atoms. The van der Waals surface area contributed by atoms with E-state index in [9.17, 15) is 4.79 Å². The Labute approximate surface area is 142 Å². The fraction of sp³-hybridized carbons (Fsp3) is 0.444. The van der Waals surface area contributed by atoms with Crippen molar-refractivity contribution in [2.45, 2.75) is 26.8 Å². The standard InChI is InChI=1S/C18H24N4O2/c1-12(2)19-18(23)20-14-4-5-16-15(11-14)13(3)10-17(21-16)22-6-8-24-9-7-22/h4-5,10-12H,6-9H2,1-3H3,(H2,19,20,23). The largest absolute Gasteiger partial charge is 0.378 e. The summed E-state index contributed by atoms with van der Waals surface area (Å²) in [5.41, 5.74) is 2.85. The van der Waals surface area contributed by atoms with Crippen molar-refractivity contribution in [2.75, 3.05) is 36.5 Å². The van der Waals surface area contributed by atoms with Crippen LogP contribution in [0, 0.1) is 6.92 Å². The van der Waals surface area contributed by atoms with E-state index >= 15 is 0 Å². The summed E-state index contributed by atoms with van der Waals surface area (Å²) in [4.78, 5) is 18.9. The highest BCUT2D eigenvalue weighted by atomic mass is 16.5. The molecule has 0 spiro atoms. The van der Waals surface area contributed by atoms with Crippen LogP contribution in [0.4, 0.5) is 16.3 Å². The molecular weight excluding hydrogens is 304 g/mol. The van der Waals surface area contributed by atoms with Crippen molar-refractivity contribution in [3.63, 3.8) is 0 Å². The maximum absolute atomic E-state index is 11.8. The zero-order valence-corrected chi connectivity index (χ0v) is 14.4. The maximum atomic E-state index is 11.8. The van der Waals surface area contributed by atoms with Gasteiger partial charge in [0.15, 0.2) is 0 Å². The number of ether oxygens (including phenoxy) is 1. The molecule has 1 aromatic heterocycles. The first-order chi connectivity index (χ1) is 11.5. The van der Waals surface area contributed by atoms with Crippen LogP contribution in [0.3, 0.4) is 0 Å². The molecule has 128 valence electrons. The third-order valence-electron chi connectivity index (χ3n) is 4.01. The first-order valence-corrected chi connectivity index (χ1v) is 8.34. The molecule has 6 nitrogen and oxygen atoms in total. The lowest BCUT2D eigenvalue weighted by molar-refractivity contribution is 0.122. The van der Waals surface area contributed by atoms with Gasteiger partial charge in [0.2, 0.25) is 0 Å². The lowest BCUT2D eigenvalue weighted by Crippen LogP contribution is -2.36. The highest BCUT2D eigenvalue weighted by Crippen LogP contribution is 2.25. The van der Waals surface area contributed by atoms with Crippen LogP contribution in [0.2, 0.25) is 0 Å². The number of hydrogen-bond donors (Lipinski definition) is 2. The molecule has 1 saturated heterocycles. The Hall–Kier alpha value is -2.34. The first-order valence-electron chi connectivity index (χ1n) is 8.34. The number of nitrogens with one attached hydrogen (secondary N) is 2. The molecule has 1 aromatic carbocycles. The molecule has 0 unspecified atom stereocenters. The summed E-state index contributed by atoms with van der Waals surface area (Å²) in [6.45, 7) is 9.16. The number of amides is 2. The molecule has 0 radical (unpaired) electrons. The van der Waals surface area contributed by atoms with Crippen LogP contribution >= 0.6 is 0 Å². The Balaban J connectivity index is 1.85. The minimum absolute atomic E-state index is 0.102. The zero-order chi connectivity index (χ0) is 17.1. The smallest absolute Gasteiger partial charge is 0.319 e. The van der Waals surface area contributed by atoms with Gasteiger partial charge in [-0.25, -0.2) is 9.78 Å². The summed E-state index contributed by atoms with van der Waals surface area (Å²) in [6.07, 6.45) is 0. The fourth-order valence-corrected chi connectivity index (χ4v) is 2.84. The number of pyridine rings is 1. The molecule has 2 amide bonds. The summed E-state index contributed by atoms with van der Waals surface area (Å²) in [5, 5.41) is 6.74. The van der Waals surface area contributed by atoms with Gasteiger partial charge in [0.1, 0.15) is 5.82 Å². The van der Waals surface area contributed by atoms with Crippen LogP contribution in [0.5, 0.6) is 0 Å². The van der Waals surface area contributed by atoms with Crippen molar-refractivity contribution >= 4 is 28.4 Å². The number of rotatable bonds is 3. The summed E-state index contributed by atoms with van der Waals surface area (Å²) < 4.78 is 5.40. The van der Waals surface area contributed by atoms with Crippen LogP contribution in [-0.2, 0) is 4.74 Å². The topological polar surface area (TPSA) is 66.5 Å². The van der Waals surface area contributed by atoms with Crippen LogP contribution in [0.25, 0.3) is 10.9 Å². The van der Waals surface area contributed by atoms with Crippen molar-refractivity contribution in [3.8, 4) is 0 Å². The van der Waals surface area contributed by atoms with Gasteiger partial charge in [0.05, 0.1) is 18.7 Å². The van der Waals surface area contributed by atoms with E-state index in [4.69, 9.17) is 9.72 Å².